The van der Waals surface area contributed by atoms with Crippen molar-refractivity contribution in [1.29, 1.82) is 0 Å². The molecule has 0 fully saturated rings. The lowest BCUT2D eigenvalue weighted by Gasteiger charge is -2.11. The minimum Gasteiger partial charge on any atom is -0.378 e. The zero-order valence-electron chi connectivity index (χ0n) is 10.7. The van der Waals surface area contributed by atoms with Crippen LogP contribution in [0, 0.1) is 0 Å². The Balaban J connectivity index is 2.22. The molecule has 0 atom stereocenters. The van der Waals surface area contributed by atoms with Gasteiger partial charge in [0.05, 0.1) is 28.6 Å². The van der Waals surface area contributed by atoms with Crippen molar-refractivity contribution in [3.05, 3.63) is 43.6 Å². The number of benzene rings is 1. The van der Waals surface area contributed by atoms with Crippen molar-refractivity contribution < 1.29 is 0 Å². The lowest BCUT2D eigenvalue weighted by molar-refractivity contribution is 0.707. The summed E-state index contributed by atoms with van der Waals surface area (Å²) in [7, 11) is 1.91. The molecule has 0 bridgehead atoms. The molecule has 2 rings (SSSR count). The number of rotatable bonds is 4. The molecule has 0 aliphatic rings. The van der Waals surface area contributed by atoms with Crippen molar-refractivity contribution in [3.8, 4) is 0 Å². The van der Waals surface area contributed by atoms with Crippen molar-refractivity contribution in [1.82, 2.24) is 9.78 Å². The van der Waals surface area contributed by atoms with Crippen LogP contribution in [-0.4, -0.2) is 9.78 Å². The molecule has 1 aromatic heterocycles. The van der Waals surface area contributed by atoms with Crippen molar-refractivity contribution in [2.75, 3.05) is 5.32 Å². The number of hydrogen-bond donors (Lipinski definition) is 1. The monoisotopic (exact) mass is 405 g/mol. The number of anilines is 1. The maximum Gasteiger partial charge on any atom is 0.0868 e. The maximum atomic E-state index is 6.33. The van der Waals surface area contributed by atoms with E-state index in [0.717, 1.165) is 37.5 Å². The molecule has 1 N–H and O–H groups in total. The second-order valence-electron chi connectivity index (χ2n) is 4.13. The van der Waals surface area contributed by atoms with Crippen molar-refractivity contribution in [3.63, 3.8) is 0 Å². The van der Waals surface area contributed by atoms with Gasteiger partial charge in [-0.05, 0) is 50.4 Å². The van der Waals surface area contributed by atoms with E-state index in [0.29, 0.717) is 6.54 Å². The molecular weight excluding hydrogens is 393 g/mol. The van der Waals surface area contributed by atoms with Crippen LogP contribution >= 0.6 is 43.5 Å². The quantitative estimate of drug-likeness (QED) is 0.791. The van der Waals surface area contributed by atoms with Crippen LogP contribution < -0.4 is 5.32 Å². The second-order valence-corrected chi connectivity index (χ2v) is 6.22. The molecule has 0 aliphatic carbocycles. The lowest BCUT2D eigenvalue weighted by Crippen LogP contribution is -2.06. The summed E-state index contributed by atoms with van der Waals surface area (Å²) < 4.78 is 3.85. The first kappa shape index (κ1) is 14.9. The van der Waals surface area contributed by atoms with Crippen LogP contribution in [0.25, 0.3) is 0 Å². The van der Waals surface area contributed by atoms with Crippen LogP contribution in [0.15, 0.2) is 27.1 Å². The first-order chi connectivity index (χ1) is 9.04. The van der Waals surface area contributed by atoms with Gasteiger partial charge in [-0.2, -0.15) is 5.10 Å². The Labute approximate surface area is 134 Å². The Bertz CT molecular complexity index is 576. The molecule has 1 heterocycles. The van der Waals surface area contributed by atoms with E-state index in [4.69, 9.17) is 11.6 Å². The predicted octanol–water partition coefficient (Wildman–Crippen LogP) is 4.77. The number of aryl methyl sites for hydroxylation is 2. The van der Waals surface area contributed by atoms with Crippen LogP contribution in [0.2, 0.25) is 5.02 Å². The van der Waals surface area contributed by atoms with Gasteiger partial charge in [-0.25, -0.2) is 0 Å². The van der Waals surface area contributed by atoms with Gasteiger partial charge in [0.25, 0.3) is 0 Å². The van der Waals surface area contributed by atoms with E-state index in [-0.39, 0.29) is 0 Å². The average molecular weight is 408 g/mol. The van der Waals surface area contributed by atoms with E-state index in [2.05, 4.69) is 49.2 Å². The van der Waals surface area contributed by atoms with Crippen molar-refractivity contribution >= 4 is 49.1 Å². The largest absolute Gasteiger partial charge is 0.378 e. The lowest BCUT2D eigenvalue weighted by atomic mass is 10.3. The molecule has 102 valence electrons. The smallest absolute Gasteiger partial charge is 0.0868 e. The summed E-state index contributed by atoms with van der Waals surface area (Å²) in [5, 5.41) is 8.54. The highest BCUT2D eigenvalue weighted by Crippen LogP contribution is 2.31. The van der Waals surface area contributed by atoms with E-state index in [1.165, 1.54) is 0 Å². The van der Waals surface area contributed by atoms with E-state index < -0.39 is 0 Å². The number of nitrogens with zero attached hydrogens (tertiary/aromatic N) is 2. The third kappa shape index (κ3) is 3.15. The molecule has 0 saturated heterocycles. The van der Waals surface area contributed by atoms with E-state index >= 15 is 0 Å². The maximum absolute atomic E-state index is 6.33. The molecule has 3 nitrogen and oxygen atoms in total. The van der Waals surface area contributed by atoms with Gasteiger partial charge >= 0.3 is 0 Å². The first-order valence-electron chi connectivity index (χ1n) is 5.92. The van der Waals surface area contributed by atoms with Gasteiger partial charge in [-0.3, -0.25) is 4.68 Å². The molecule has 19 heavy (non-hydrogen) atoms. The Morgan fingerprint density at radius 3 is 2.47 bits per heavy atom. The Morgan fingerprint density at radius 1 is 1.32 bits per heavy atom. The summed E-state index contributed by atoms with van der Waals surface area (Å²) in [6.45, 7) is 2.68. The topological polar surface area (TPSA) is 29.9 Å². The number of para-hydroxylation sites is 1. The third-order valence-corrected chi connectivity index (χ3v) is 4.66. The molecule has 0 unspecified atom stereocenters. The highest BCUT2D eigenvalue weighted by Gasteiger charge is 2.13. The van der Waals surface area contributed by atoms with Crippen LogP contribution in [-0.2, 0) is 20.0 Å². The average Bonchev–Trinajstić information content (AvgIpc) is 2.65. The van der Waals surface area contributed by atoms with Crippen LogP contribution in [0.1, 0.15) is 18.3 Å². The normalized spacial score (nSPS) is 10.8. The molecule has 0 amide bonds. The second kappa shape index (κ2) is 6.29. The van der Waals surface area contributed by atoms with Crippen molar-refractivity contribution in [2.24, 2.45) is 7.05 Å². The van der Waals surface area contributed by atoms with Gasteiger partial charge in [0.2, 0.25) is 0 Å². The van der Waals surface area contributed by atoms with Gasteiger partial charge < -0.3 is 5.32 Å². The molecule has 6 heteroatoms. The van der Waals surface area contributed by atoms with E-state index in [1.54, 1.807) is 0 Å². The highest BCUT2D eigenvalue weighted by molar-refractivity contribution is 9.11. The zero-order valence-corrected chi connectivity index (χ0v) is 14.6. The fourth-order valence-corrected chi connectivity index (χ4v) is 3.49. The molecule has 1 aromatic carbocycles. The standard InChI is InChI=1S/C13H14Br2ClN3/c1-3-10-12(16)11(19(2)18-10)7-17-13-8(14)5-4-6-9(13)15/h4-6,17H,3,7H2,1-2H3. The molecule has 2 aromatic rings. The van der Waals surface area contributed by atoms with Crippen LogP contribution in [0.5, 0.6) is 0 Å². The minimum absolute atomic E-state index is 0.629. The summed E-state index contributed by atoms with van der Waals surface area (Å²) in [4.78, 5) is 0. The Morgan fingerprint density at radius 2 is 1.95 bits per heavy atom. The number of hydrogen-bond acceptors (Lipinski definition) is 2. The fourth-order valence-electron chi connectivity index (χ4n) is 1.85. The molecule has 0 spiro atoms. The predicted molar refractivity (Wildman–Crippen MR) is 86.8 cm³/mol. The summed E-state index contributed by atoms with van der Waals surface area (Å²) in [5.41, 5.74) is 2.94. The summed E-state index contributed by atoms with van der Waals surface area (Å²) in [6.07, 6.45) is 0.839. The Kier molecular flexibility index (Phi) is 4.92. The number of nitrogens with one attached hydrogen (secondary N) is 1. The minimum atomic E-state index is 0.629. The number of aromatic nitrogens is 2. The summed E-state index contributed by atoms with van der Waals surface area (Å²) in [6, 6.07) is 5.97. The molecular formula is C13H14Br2ClN3. The highest BCUT2D eigenvalue weighted by atomic mass is 79.9. The Hall–Kier alpha value is -0.520. The van der Waals surface area contributed by atoms with Gasteiger partial charge in [-0.15, -0.1) is 0 Å². The van der Waals surface area contributed by atoms with Crippen LogP contribution in [0.4, 0.5) is 5.69 Å². The zero-order chi connectivity index (χ0) is 14.0. The molecule has 0 aliphatic heterocycles. The third-order valence-electron chi connectivity index (χ3n) is 2.90. The van der Waals surface area contributed by atoms with E-state index in [1.807, 2.05) is 29.9 Å². The summed E-state index contributed by atoms with van der Waals surface area (Å²) in [5.74, 6) is 0. The van der Waals surface area contributed by atoms with Gasteiger partial charge in [0.1, 0.15) is 0 Å². The fraction of sp³-hybridized carbons (Fsp3) is 0.308. The van der Waals surface area contributed by atoms with E-state index in [9.17, 15) is 0 Å². The molecule has 0 saturated carbocycles. The first-order valence-corrected chi connectivity index (χ1v) is 7.89. The number of halogens is 3. The van der Waals surface area contributed by atoms with Gasteiger partial charge in [-0.1, -0.05) is 24.6 Å². The van der Waals surface area contributed by atoms with Gasteiger partial charge in [0, 0.05) is 16.0 Å². The van der Waals surface area contributed by atoms with Crippen LogP contribution in [0.3, 0.4) is 0 Å². The summed E-state index contributed by atoms with van der Waals surface area (Å²) >= 11 is 13.4. The van der Waals surface area contributed by atoms with Gasteiger partial charge in [0.15, 0.2) is 0 Å². The van der Waals surface area contributed by atoms with Crippen molar-refractivity contribution in [2.45, 2.75) is 19.9 Å². The molecule has 0 radical (unpaired) electrons. The SMILES string of the molecule is CCc1nn(C)c(CNc2c(Br)cccc2Br)c1Cl.